The van der Waals surface area contributed by atoms with E-state index in [9.17, 15) is 19.5 Å². The summed E-state index contributed by atoms with van der Waals surface area (Å²) in [6.45, 7) is 3.20. The molecule has 25 heavy (non-hydrogen) atoms. The van der Waals surface area contributed by atoms with Crippen LogP contribution in [0.1, 0.15) is 54.9 Å². The van der Waals surface area contributed by atoms with Crippen molar-refractivity contribution in [3.8, 4) is 0 Å². The summed E-state index contributed by atoms with van der Waals surface area (Å²) < 4.78 is 0. The second kappa shape index (κ2) is 6.86. The van der Waals surface area contributed by atoms with Crippen LogP contribution in [0.2, 0.25) is 0 Å². The van der Waals surface area contributed by atoms with Crippen molar-refractivity contribution in [1.29, 1.82) is 0 Å². The van der Waals surface area contributed by atoms with Gasteiger partial charge in [0.1, 0.15) is 6.04 Å². The number of amides is 2. The number of hydrogen-bond donors (Lipinski definition) is 2. The fourth-order valence-electron chi connectivity index (χ4n) is 4.30. The molecule has 1 heterocycles. The number of carboxylic acids is 1. The monoisotopic (exact) mass is 344 g/mol. The summed E-state index contributed by atoms with van der Waals surface area (Å²) >= 11 is 0. The minimum absolute atomic E-state index is 0.00572. The van der Waals surface area contributed by atoms with E-state index >= 15 is 0 Å². The highest BCUT2D eigenvalue weighted by Gasteiger charge is 2.47. The van der Waals surface area contributed by atoms with E-state index in [0.717, 1.165) is 25.7 Å². The van der Waals surface area contributed by atoms with Gasteiger partial charge in [0.05, 0.1) is 0 Å². The third-order valence-electron chi connectivity index (χ3n) is 5.48. The summed E-state index contributed by atoms with van der Waals surface area (Å²) in [5.74, 6) is -1.10. The highest BCUT2D eigenvalue weighted by molar-refractivity contribution is 6.01. The Morgan fingerprint density at radius 2 is 1.92 bits per heavy atom. The average molecular weight is 344 g/mol. The Balaban J connectivity index is 1.95. The molecule has 1 aromatic carbocycles. The number of carbonyl (C=O) groups is 3. The summed E-state index contributed by atoms with van der Waals surface area (Å²) in [6.07, 6.45) is 4.53. The van der Waals surface area contributed by atoms with Crippen LogP contribution in [0.25, 0.3) is 0 Å². The number of nitrogens with zero attached hydrogens (tertiary/aromatic N) is 1. The van der Waals surface area contributed by atoms with E-state index in [4.69, 9.17) is 0 Å². The molecule has 134 valence electrons. The molecule has 0 spiro atoms. The van der Waals surface area contributed by atoms with Crippen molar-refractivity contribution in [2.45, 2.75) is 58.0 Å². The Kier molecular flexibility index (Phi) is 4.79. The van der Waals surface area contributed by atoms with Crippen molar-refractivity contribution in [3.05, 3.63) is 29.3 Å². The summed E-state index contributed by atoms with van der Waals surface area (Å²) in [5, 5.41) is 12.3. The van der Waals surface area contributed by atoms with E-state index in [1.165, 1.54) is 6.92 Å². The molecule has 2 amide bonds. The van der Waals surface area contributed by atoms with Crippen LogP contribution in [-0.2, 0) is 9.59 Å². The van der Waals surface area contributed by atoms with Gasteiger partial charge in [-0.1, -0.05) is 18.9 Å². The number of carboxylic acid groups (broad SMARTS) is 1. The van der Waals surface area contributed by atoms with Crippen LogP contribution < -0.4 is 5.32 Å². The van der Waals surface area contributed by atoms with Gasteiger partial charge in [-0.05, 0) is 49.8 Å². The summed E-state index contributed by atoms with van der Waals surface area (Å²) in [6, 6.07) is 4.42. The molecular formula is C19H24N2O4. The average Bonchev–Trinajstić information content (AvgIpc) is 2.95. The molecule has 0 bridgehead atoms. The van der Waals surface area contributed by atoms with Gasteiger partial charge in [0.2, 0.25) is 5.91 Å². The van der Waals surface area contributed by atoms with Gasteiger partial charge in [0.25, 0.3) is 5.91 Å². The maximum Gasteiger partial charge on any atom is 0.326 e. The number of hydrogen-bond acceptors (Lipinski definition) is 3. The van der Waals surface area contributed by atoms with E-state index in [2.05, 4.69) is 5.32 Å². The lowest BCUT2D eigenvalue weighted by atomic mass is 9.84. The van der Waals surface area contributed by atoms with Crippen LogP contribution in [0.5, 0.6) is 0 Å². The van der Waals surface area contributed by atoms with Crippen molar-refractivity contribution in [2.75, 3.05) is 5.32 Å². The number of likely N-dealkylation sites (tertiary alicyclic amines) is 1. The summed E-state index contributed by atoms with van der Waals surface area (Å²) in [5.41, 5.74) is 1.72. The van der Waals surface area contributed by atoms with Crippen LogP contribution in [0.15, 0.2) is 18.2 Å². The fourth-order valence-corrected chi connectivity index (χ4v) is 4.30. The molecule has 1 saturated heterocycles. The van der Waals surface area contributed by atoms with Crippen molar-refractivity contribution in [2.24, 2.45) is 5.92 Å². The Morgan fingerprint density at radius 3 is 2.60 bits per heavy atom. The summed E-state index contributed by atoms with van der Waals surface area (Å²) in [4.78, 5) is 37.9. The second-order valence-electron chi connectivity index (χ2n) is 7.07. The smallest absolute Gasteiger partial charge is 0.326 e. The molecule has 0 aromatic heterocycles. The minimum Gasteiger partial charge on any atom is -0.480 e. The van der Waals surface area contributed by atoms with E-state index in [1.54, 1.807) is 30.0 Å². The number of nitrogens with one attached hydrogen (secondary N) is 1. The van der Waals surface area contributed by atoms with Gasteiger partial charge >= 0.3 is 5.97 Å². The Hall–Kier alpha value is -2.37. The lowest BCUT2D eigenvalue weighted by Crippen LogP contribution is -2.46. The van der Waals surface area contributed by atoms with Gasteiger partial charge < -0.3 is 15.3 Å². The van der Waals surface area contributed by atoms with Crippen molar-refractivity contribution in [1.82, 2.24) is 4.90 Å². The number of benzene rings is 1. The first-order chi connectivity index (χ1) is 11.9. The maximum atomic E-state index is 13.2. The molecule has 3 atom stereocenters. The first kappa shape index (κ1) is 17.5. The lowest BCUT2D eigenvalue weighted by molar-refractivity contribution is -0.141. The van der Waals surface area contributed by atoms with E-state index in [1.807, 2.05) is 0 Å². The van der Waals surface area contributed by atoms with Crippen LogP contribution in [0.3, 0.4) is 0 Å². The van der Waals surface area contributed by atoms with Gasteiger partial charge in [-0.25, -0.2) is 4.79 Å². The topological polar surface area (TPSA) is 86.7 Å². The molecule has 6 heteroatoms. The third kappa shape index (κ3) is 3.25. The highest BCUT2D eigenvalue weighted by Crippen LogP contribution is 2.41. The molecule has 0 radical (unpaired) electrons. The largest absolute Gasteiger partial charge is 0.480 e. The molecule has 1 aromatic rings. The molecule has 2 aliphatic rings. The van der Waals surface area contributed by atoms with Gasteiger partial charge in [0, 0.05) is 24.2 Å². The molecule has 1 aliphatic heterocycles. The van der Waals surface area contributed by atoms with E-state index in [0.29, 0.717) is 23.2 Å². The SMILES string of the molecule is CC(=O)Nc1cccc(C(=O)N2C(C(=O)O)CC3CCCCC32)c1C. The zero-order valence-electron chi connectivity index (χ0n) is 14.6. The highest BCUT2D eigenvalue weighted by atomic mass is 16.4. The normalized spacial score (nSPS) is 25.4. The first-order valence-corrected chi connectivity index (χ1v) is 8.83. The molecule has 3 unspecified atom stereocenters. The number of carbonyl (C=O) groups excluding carboxylic acids is 2. The lowest BCUT2D eigenvalue weighted by Gasteiger charge is -2.33. The molecule has 1 saturated carbocycles. The third-order valence-corrected chi connectivity index (χ3v) is 5.48. The summed E-state index contributed by atoms with van der Waals surface area (Å²) in [7, 11) is 0. The van der Waals surface area contributed by atoms with Gasteiger partial charge in [0.15, 0.2) is 0 Å². The quantitative estimate of drug-likeness (QED) is 0.883. The first-order valence-electron chi connectivity index (χ1n) is 8.83. The second-order valence-corrected chi connectivity index (χ2v) is 7.07. The zero-order valence-corrected chi connectivity index (χ0v) is 14.6. The van der Waals surface area contributed by atoms with Gasteiger partial charge in [-0.15, -0.1) is 0 Å². The predicted molar refractivity (Wildman–Crippen MR) is 93.4 cm³/mol. The van der Waals surface area contributed by atoms with E-state index in [-0.39, 0.29) is 23.8 Å². The van der Waals surface area contributed by atoms with Crippen LogP contribution in [0.4, 0.5) is 5.69 Å². The molecular weight excluding hydrogens is 320 g/mol. The fraction of sp³-hybridized carbons (Fsp3) is 0.526. The van der Waals surface area contributed by atoms with Crippen LogP contribution in [0, 0.1) is 12.8 Å². The number of anilines is 1. The molecule has 3 rings (SSSR count). The predicted octanol–water partition coefficient (Wildman–Crippen LogP) is 2.81. The zero-order chi connectivity index (χ0) is 18.1. The Morgan fingerprint density at radius 1 is 1.20 bits per heavy atom. The van der Waals surface area contributed by atoms with Crippen LogP contribution in [-0.4, -0.2) is 39.9 Å². The Labute approximate surface area is 147 Å². The van der Waals surface area contributed by atoms with E-state index < -0.39 is 12.0 Å². The van der Waals surface area contributed by atoms with Crippen LogP contribution >= 0.6 is 0 Å². The standard InChI is InChI=1S/C19H24N2O4/c1-11-14(7-5-8-15(11)20-12(2)22)18(23)21-16-9-4-3-6-13(16)10-17(21)19(24)25/h5,7-8,13,16-17H,3-4,6,9-10H2,1-2H3,(H,20,22)(H,24,25). The van der Waals surface area contributed by atoms with Crippen molar-refractivity contribution < 1.29 is 19.5 Å². The maximum absolute atomic E-state index is 13.2. The number of fused-ring (bicyclic) bond motifs is 1. The van der Waals surface area contributed by atoms with Crippen molar-refractivity contribution in [3.63, 3.8) is 0 Å². The molecule has 2 fully saturated rings. The minimum atomic E-state index is -0.932. The van der Waals surface area contributed by atoms with Gasteiger partial charge in [-0.2, -0.15) is 0 Å². The van der Waals surface area contributed by atoms with Gasteiger partial charge in [-0.3, -0.25) is 9.59 Å². The Bertz CT molecular complexity index is 715. The molecule has 6 nitrogen and oxygen atoms in total. The number of aliphatic carboxylic acids is 1. The number of rotatable bonds is 3. The van der Waals surface area contributed by atoms with Crippen molar-refractivity contribution >= 4 is 23.5 Å². The molecule has 1 aliphatic carbocycles. The molecule has 2 N–H and O–H groups in total.